The molecule has 2 heterocycles. The maximum absolute atomic E-state index is 5.80. The van der Waals surface area contributed by atoms with Crippen molar-refractivity contribution in [2.75, 3.05) is 0 Å². The molecule has 0 aliphatic rings. The average molecular weight is 224 g/mol. The van der Waals surface area contributed by atoms with Crippen LogP contribution in [-0.2, 0) is 0 Å². The fraction of sp³-hybridized carbons (Fsp3) is 0.143. The highest BCUT2D eigenvalue weighted by molar-refractivity contribution is 5.79. The molecule has 3 heteroatoms. The number of oxazole rings is 1. The van der Waals surface area contributed by atoms with Gasteiger partial charge in [-0.1, -0.05) is 6.07 Å². The maximum atomic E-state index is 5.80. The summed E-state index contributed by atoms with van der Waals surface area (Å²) in [6.45, 7) is 4.10. The van der Waals surface area contributed by atoms with E-state index in [1.807, 2.05) is 25.1 Å². The largest absolute Gasteiger partial charge is 0.436 e. The zero-order valence-corrected chi connectivity index (χ0v) is 9.77. The van der Waals surface area contributed by atoms with Crippen molar-refractivity contribution < 1.29 is 4.42 Å². The summed E-state index contributed by atoms with van der Waals surface area (Å²) in [5, 5.41) is 0. The lowest BCUT2D eigenvalue weighted by molar-refractivity contribution is 0.617. The third-order valence-electron chi connectivity index (χ3n) is 2.75. The molecule has 0 aliphatic carbocycles. The molecule has 3 rings (SSSR count). The normalized spacial score (nSPS) is 10.9. The predicted molar refractivity (Wildman–Crippen MR) is 66.7 cm³/mol. The number of benzene rings is 1. The molecule has 0 radical (unpaired) electrons. The first kappa shape index (κ1) is 10.0. The molecular weight excluding hydrogens is 212 g/mol. The molecule has 0 amide bonds. The second kappa shape index (κ2) is 3.70. The van der Waals surface area contributed by atoms with E-state index in [0.717, 1.165) is 22.2 Å². The molecule has 84 valence electrons. The van der Waals surface area contributed by atoms with Gasteiger partial charge in [0, 0.05) is 18.0 Å². The number of hydrogen-bond donors (Lipinski definition) is 0. The Balaban J connectivity index is 2.24. The van der Waals surface area contributed by atoms with Crippen LogP contribution >= 0.6 is 0 Å². The minimum Gasteiger partial charge on any atom is -0.436 e. The van der Waals surface area contributed by atoms with Crippen molar-refractivity contribution in [3.8, 4) is 11.5 Å². The molecule has 0 N–H and O–H groups in total. The van der Waals surface area contributed by atoms with Crippen LogP contribution in [0, 0.1) is 13.8 Å². The molecule has 0 saturated heterocycles. The average Bonchev–Trinajstić information content (AvgIpc) is 2.74. The number of aryl methyl sites for hydroxylation is 2. The van der Waals surface area contributed by atoms with E-state index in [4.69, 9.17) is 4.42 Å². The van der Waals surface area contributed by atoms with E-state index in [1.165, 1.54) is 5.56 Å². The second-order valence-corrected chi connectivity index (χ2v) is 4.18. The Bertz CT molecular complexity index is 671. The SMILES string of the molecule is Cc1cc(C)c2oc(-c3ccncc3)nc2c1. The van der Waals surface area contributed by atoms with E-state index in [9.17, 15) is 0 Å². The zero-order valence-electron chi connectivity index (χ0n) is 9.77. The third-order valence-corrected chi connectivity index (χ3v) is 2.75. The molecule has 0 bridgehead atoms. The monoisotopic (exact) mass is 224 g/mol. The van der Waals surface area contributed by atoms with Crippen LogP contribution in [0.15, 0.2) is 41.1 Å². The second-order valence-electron chi connectivity index (χ2n) is 4.18. The van der Waals surface area contributed by atoms with Gasteiger partial charge in [0.1, 0.15) is 5.52 Å². The van der Waals surface area contributed by atoms with Crippen LogP contribution in [0.1, 0.15) is 11.1 Å². The lowest BCUT2D eigenvalue weighted by atomic mass is 10.1. The summed E-state index contributed by atoms with van der Waals surface area (Å²) in [5.41, 5.74) is 5.04. The Labute approximate surface area is 99.1 Å². The number of aromatic nitrogens is 2. The van der Waals surface area contributed by atoms with Crippen LogP contribution in [0.2, 0.25) is 0 Å². The Hall–Kier alpha value is -2.16. The van der Waals surface area contributed by atoms with Gasteiger partial charge in [-0.2, -0.15) is 0 Å². The molecule has 0 fully saturated rings. The van der Waals surface area contributed by atoms with Gasteiger partial charge < -0.3 is 4.42 Å². The summed E-state index contributed by atoms with van der Waals surface area (Å²) in [6, 6.07) is 7.93. The van der Waals surface area contributed by atoms with Crippen LogP contribution in [0.5, 0.6) is 0 Å². The highest BCUT2D eigenvalue weighted by Gasteiger charge is 2.10. The number of fused-ring (bicyclic) bond motifs is 1. The molecule has 3 aromatic rings. The molecule has 0 unspecified atom stereocenters. The molecule has 1 aromatic carbocycles. The van der Waals surface area contributed by atoms with E-state index in [-0.39, 0.29) is 0 Å². The van der Waals surface area contributed by atoms with Crippen molar-refractivity contribution in [3.63, 3.8) is 0 Å². The standard InChI is InChI=1S/C14H12N2O/c1-9-7-10(2)13-12(8-9)16-14(17-13)11-3-5-15-6-4-11/h3-8H,1-2H3. The van der Waals surface area contributed by atoms with Gasteiger partial charge in [-0.3, -0.25) is 4.98 Å². The summed E-state index contributed by atoms with van der Waals surface area (Å²) >= 11 is 0. The van der Waals surface area contributed by atoms with E-state index in [0.29, 0.717) is 5.89 Å². The van der Waals surface area contributed by atoms with Crippen LogP contribution in [-0.4, -0.2) is 9.97 Å². The van der Waals surface area contributed by atoms with Crippen molar-refractivity contribution in [2.45, 2.75) is 13.8 Å². The molecule has 0 saturated carbocycles. The smallest absolute Gasteiger partial charge is 0.227 e. The van der Waals surface area contributed by atoms with Crippen LogP contribution in [0.4, 0.5) is 0 Å². The first-order valence-corrected chi connectivity index (χ1v) is 5.52. The number of pyridine rings is 1. The van der Waals surface area contributed by atoms with Crippen molar-refractivity contribution in [3.05, 3.63) is 47.8 Å². The Kier molecular flexibility index (Phi) is 2.18. The van der Waals surface area contributed by atoms with Crippen molar-refractivity contribution >= 4 is 11.1 Å². The quantitative estimate of drug-likeness (QED) is 0.635. The lowest BCUT2D eigenvalue weighted by Crippen LogP contribution is -1.78. The summed E-state index contributed by atoms with van der Waals surface area (Å²) in [6.07, 6.45) is 3.48. The summed E-state index contributed by atoms with van der Waals surface area (Å²) in [4.78, 5) is 8.50. The first-order valence-electron chi connectivity index (χ1n) is 5.52. The summed E-state index contributed by atoms with van der Waals surface area (Å²) in [5.74, 6) is 0.649. The molecule has 17 heavy (non-hydrogen) atoms. The summed E-state index contributed by atoms with van der Waals surface area (Å²) in [7, 11) is 0. The fourth-order valence-electron chi connectivity index (χ4n) is 1.99. The Morgan fingerprint density at radius 3 is 2.59 bits per heavy atom. The Morgan fingerprint density at radius 2 is 1.82 bits per heavy atom. The zero-order chi connectivity index (χ0) is 11.8. The van der Waals surface area contributed by atoms with E-state index in [2.05, 4.69) is 23.0 Å². The van der Waals surface area contributed by atoms with Crippen LogP contribution in [0.25, 0.3) is 22.6 Å². The minimum absolute atomic E-state index is 0.649. The molecule has 3 nitrogen and oxygen atoms in total. The minimum atomic E-state index is 0.649. The van der Waals surface area contributed by atoms with Crippen molar-refractivity contribution in [2.24, 2.45) is 0 Å². The third kappa shape index (κ3) is 1.69. The Morgan fingerprint density at radius 1 is 1.06 bits per heavy atom. The molecular formula is C14H12N2O. The number of nitrogens with zero attached hydrogens (tertiary/aromatic N) is 2. The van der Waals surface area contributed by atoms with Crippen molar-refractivity contribution in [1.29, 1.82) is 0 Å². The van der Waals surface area contributed by atoms with Gasteiger partial charge in [0.25, 0.3) is 0 Å². The lowest BCUT2D eigenvalue weighted by Gasteiger charge is -1.95. The predicted octanol–water partition coefficient (Wildman–Crippen LogP) is 3.51. The van der Waals surface area contributed by atoms with Crippen LogP contribution in [0.3, 0.4) is 0 Å². The van der Waals surface area contributed by atoms with Gasteiger partial charge >= 0.3 is 0 Å². The number of rotatable bonds is 1. The molecule has 0 atom stereocenters. The highest BCUT2D eigenvalue weighted by atomic mass is 16.3. The van der Waals surface area contributed by atoms with E-state index >= 15 is 0 Å². The topological polar surface area (TPSA) is 38.9 Å². The van der Waals surface area contributed by atoms with Crippen LogP contribution < -0.4 is 0 Å². The molecule has 2 aromatic heterocycles. The summed E-state index contributed by atoms with van der Waals surface area (Å²) < 4.78 is 5.80. The fourth-order valence-corrected chi connectivity index (χ4v) is 1.99. The molecule has 0 aliphatic heterocycles. The van der Waals surface area contributed by atoms with E-state index in [1.54, 1.807) is 12.4 Å². The van der Waals surface area contributed by atoms with Gasteiger partial charge in [0.15, 0.2) is 5.58 Å². The maximum Gasteiger partial charge on any atom is 0.227 e. The first-order chi connectivity index (χ1) is 8.24. The molecule has 0 spiro atoms. The van der Waals surface area contributed by atoms with Gasteiger partial charge in [-0.15, -0.1) is 0 Å². The van der Waals surface area contributed by atoms with Gasteiger partial charge in [-0.05, 0) is 43.2 Å². The van der Waals surface area contributed by atoms with Gasteiger partial charge in [0.05, 0.1) is 0 Å². The highest BCUT2D eigenvalue weighted by Crippen LogP contribution is 2.26. The van der Waals surface area contributed by atoms with Crippen molar-refractivity contribution in [1.82, 2.24) is 9.97 Å². The van der Waals surface area contributed by atoms with E-state index < -0.39 is 0 Å². The van der Waals surface area contributed by atoms with Gasteiger partial charge in [0.2, 0.25) is 5.89 Å². The number of hydrogen-bond acceptors (Lipinski definition) is 3. The van der Waals surface area contributed by atoms with Gasteiger partial charge in [-0.25, -0.2) is 4.98 Å².